The number of para-hydroxylation sites is 1. The van der Waals surface area contributed by atoms with Crippen LogP contribution in [0.3, 0.4) is 0 Å². The van der Waals surface area contributed by atoms with Crippen LogP contribution < -0.4 is 5.32 Å². The number of anilines is 1. The molecule has 0 spiro atoms. The van der Waals surface area contributed by atoms with Gasteiger partial charge in [0.2, 0.25) is 10.0 Å². The molecule has 20 heavy (non-hydrogen) atoms. The Bertz CT molecular complexity index is 496. The van der Waals surface area contributed by atoms with E-state index in [0.29, 0.717) is 19.5 Å². The highest BCUT2D eigenvalue weighted by Gasteiger charge is 2.25. The Hall–Kier alpha value is -1.11. The number of hydrogen-bond acceptors (Lipinski definition) is 4. The summed E-state index contributed by atoms with van der Waals surface area (Å²) in [6.07, 6.45) is 0.679. The van der Waals surface area contributed by atoms with Crippen LogP contribution >= 0.6 is 0 Å². The molecule has 1 N–H and O–H groups in total. The molecule has 2 rings (SSSR count). The summed E-state index contributed by atoms with van der Waals surface area (Å²) in [6, 6.07) is 10.0. The van der Waals surface area contributed by atoms with Crippen LogP contribution in [0.15, 0.2) is 30.3 Å². The van der Waals surface area contributed by atoms with Gasteiger partial charge in [-0.25, -0.2) is 8.42 Å². The third kappa shape index (κ3) is 4.19. The van der Waals surface area contributed by atoms with Crippen molar-refractivity contribution in [2.24, 2.45) is 0 Å². The highest BCUT2D eigenvalue weighted by molar-refractivity contribution is 7.89. The lowest BCUT2D eigenvalue weighted by Crippen LogP contribution is -2.50. The molecule has 0 unspecified atom stereocenters. The second-order valence-electron chi connectivity index (χ2n) is 5.03. The number of rotatable bonds is 6. The van der Waals surface area contributed by atoms with E-state index in [0.717, 1.165) is 25.4 Å². The number of hydrogen-bond donors (Lipinski definition) is 1. The summed E-state index contributed by atoms with van der Waals surface area (Å²) in [5.41, 5.74) is 1.09. The van der Waals surface area contributed by atoms with Crippen LogP contribution in [0.5, 0.6) is 0 Å². The van der Waals surface area contributed by atoms with Crippen molar-refractivity contribution in [1.82, 2.24) is 9.21 Å². The van der Waals surface area contributed by atoms with Crippen molar-refractivity contribution >= 4 is 15.7 Å². The van der Waals surface area contributed by atoms with E-state index in [1.807, 2.05) is 37.3 Å². The Labute approximate surface area is 121 Å². The summed E-state index contributed by atoms with van der Waals surface area (Å²) in [5.74, 6) is 0.259. The quantitative estimate of drug-likeness (QED) is 0.862. The molecule has 1 aromatic carbocycles. The lowest BCUT2D eigenvalue weighted by molar-refractivity contribution is 0.199. The zero-order valence-corrected chi connectivity index (χ0v) is 12.8. The van der Waals surface area contributed by atoms with Crippen molar-refractivity contribution in [2.45, 2.75) is 13.3 Å². The van der Waals surface area contributed by atoms with Gasteiger partial charge >= 0.3 is 0 Å². The van der Waals surface area contributed by atoms with Crippen molar-refractivity contribution in [3.63, 3.8) is 0 Å². The molecule has 1 heterocycles. The minimum absolute atomic E-state index is 0.259. The van der Waals surface area contributed by atoms with Gasteiger partial charge in [-0.2, -0.15) is 4.31 Å². The minimum atomic E-state index is -3.04. The van der Waals surface area contributed by atoms with E-state index < -0.39 is 10.0 Å². The smallest absolute Gasteiger partial charge is 0.214 e. The van der Waals surface area contributed by atoms with E-state index in [2.05, 4.69) is 10.2 Å². The maximum absolute atomic E-state index is 12.0. The molecule has 5 nitrogen and oxygen atoms in total. The Morgan fingerprint density at radius 2 is 1.75 bits per heavy atom. The van der Waals surface area contributed by atoms with Crippen molar-refractivity contribution in [1.29, 1.82) is 0 Å². The molecule has 112 valence electrons. The van der Waals surface area contributed by atoms with E-state index in [4.69, 9.17) is 0 Å². The normalized spacial score (nSPS) is 18.1. The van der Waals surface area contributed by atoms with E-state index >= 15 is 0 Å². The van der Waals surface area contributed by atoms with Crippen LogP contribution in [0.25, 0.3) is 0 Å². The molecule has 0 saturated carbocycles. The molecule has 0 aromatic heterocycles. The van der Waals surface area contributed by atoms with Crippen LogP contribution in [-0.4, -0.2) is 56.2 Å². The lowest BCUT2D eigenvalue weighted by atomic mass is 10.3. The van der Waals surface area contributed by atoms with Gasteiger partial charge in [-0.3, -0.25) is 4.90 Å². The zero-order chi connectivity index (χ0) is 14.4. The first-order chi connectivity index (χ1) is 9.62. The first-order valence-electron chi connectivity index (χ1n) is 7.11. The summed E-state index contributed by atoms with van der Waals surface area (Å²) >= 11 is 0. The van der Waals surface area contributed by atoms with Gasteiger partial charge in [0.05, 0.1) is 12.4 Å². The van der Waals surface area contributed by atoms with Gasteiger partial charge in [0, 0.05) is 31.9 Å². The molecule has 1 saturated heterocycles. The molecule has 0 atom stereocenters. The number of nitrogens with one attached hydrogen (secondary N) is 1. The third-order valence-corrected chi connectivity index (χ3v) is 5.54. The van der Waals surface area contributed by atoms with Gasteiger partial charge in [-0.05, 0) is 18.6 Å². The van der Waals surface area contributed by atoms with Crippen molar-refractivity contribution in [3.05, 3.63) is 30.3 Å². The first-order valence-corrected chi connectivity index (χ1v) is 8.72. The van der Waals surface area contributed by atoms with Gasteiger partial charge in [0.25, 0.3) is 0 Å². The number of sulfonamides is 1. The molecule has 0 bridgehead atoms. The number of piperazine rings is 1. The van der Waals surface area contributed by atoms with Gasteiger partial charge in [-0.15, -0.1) is 0 Å². The van der Waals surface area contributed by atoms with Crippen LogP contribution in [0, 0.1) is 0 Å². The van der Waals surface area contributed by atoms with Crippen LogP contribution in [0.4, 0.5) is 5.69 Å². The second-order valence-corrected chi connectivity index (χ2v) is 7.12. The van der Waals surface area contributed by atoms with E-state index in [9.17, 15) is 8.42 Å². The fraction of sp³-hybridized carbons (Fsp3) is 0.571. The maximum atomic E-state index is 12.0. The van der Waals surface area contributed by atoms with Crippen LogP contribution in [0.2, 0.25) is 0 Å². The highest BCUT2D eigenvalue weighted by atomic mass is 32.2. The molecular formula is C14H23N3O2S. The Balaban J connectivity index is 1.77. The molecule has 0 amide bonds. The largest absolute Gasteiger partial charge is 0.372 e. The molecule has 0 radical (unpaired) electrons. The maximum Gasteiger partial charge on any atom is 0.214 e. The second kappa shape index (κ2) is 7.06. The number of nitrogens with zero attached hydrogens (tertiary/aromatic N) is 2. The SMILES string of the molecule is CCCS(=O)(=O)N1CCN(CNc2ccccc2)CC1. The van der Waals surface area contributed by atoms with Gasteiger partial charge in [0.15, 0.2) is 0 Å². The van der Waals surface area contributed by atoms with E-state index in [-0.39, 0.29) is 5.75 Å². The molecule has 1 aliphatic rings. The van der Waals surface area contributed by atoms with Gasteiger partial charge < -0.3 is 5.32 Å². The van der Waals surface area contributed by atoms with Crippen molar-refractivity contribution in [3.8, 4) is 0 Å². The average Bonchev–Trinajstić information content (AvgIpc) is 2.47. The van der Waals surface area contributed by atoms with E-state index in [1.54, 1.807) is 4.31 Å². The molecule has 1 aromatic rings. The zero-order valence-electron chi connectivity index (χ0n) is 12.0. The molecule has 1 fully saturated rings. The van der Waals surface area contributed by atoms with Crippen molar-refractivity contribution < 1.29 is 8.42 Å². The van der Waals surface area contributed by atoms with Gasteiger partial charge in [-0.1, -0.05) is 25.1 Å². The highest BCUT2D eigenvalue weighted by Crippen LogP contribution is 2.10. The predicted octanol–water partition coefficient (Wildman–Crippen LogP) is 1.41. The average molecular weight is 297 g/mol. The standard InChI is InChI=1S/C14H23N3O2S/c1-2-12-20(18,19)17-10-8-16(9-11-17)13-15-14-6-4-3-5-7-14/h3-7,15H,2,8-13H2,1H3. The fourth-order valence-electron chi connectivity index (χ4n) is 2.31. The Morgan fingerprint density at radius 1 is 1.10 bits per heavy atom. The number of benzene rings is 1. The summed E-state index contributed by atoms with van der Waals surface area (Å²) < 4.78 is 25.5. The van der Waals surface area contributed by atoms with E-state index in [1.165, 1.54) is 0 Å². The fourth-order valence-corrected chi connectivity index (χ4v) is 3.81. The first kappa shape index (κ1) is 15.3. The summed E-state index contributed by atoms with van der Waals surface area (Å²) in [7, 11) is -3.04. The molecular weight excluding hydrogens is 274 g/mol. The molecule has 1 aliphatic heterocycles. The monoisotopic (exact) mass is 297 g/mol. The minimum Gasteiger partial charge on any atom is -0.372 e. The van der Waals surface area contributed by atoms with Crippen molar-refractivity contribution in [2.75, 3.05) is 43.9 Å². The Kier molecular flexibility index (Phi) is 5.39. The third-order valence-electron chi connectivity index (χ3n) is 3.47. The predicted molar refractivity (Wildman–Crippen MR) is 82.2 cm³/mol. The molecule has 6 heteroatoms. The lowest BCUT2D eigenvalue weighted by Gasteiger charge is -2.34. The van der Waals surface area contributed by atoms with Crippen LogP contribution in [-0.2, 0) is 10.0 Å². The summed E-state index contributed by atoms with van der Waals surface area (Å²) in [4.78, 5) is 2.24. The van der Waals surface area contributed by atoms with Crippen LogP contribution in [0.1, 0.15) is 13.3 Å². The summed E-state index contributed by atoms with van der Waals surface area (Å²) in [6.45, 7) is 5.41. The molecule has 0 aliphatic carbocycles. The Morgan fingerprint density at radius 3 is 2.35 bits per heavy atom. The van der Waals surface area contributed by atoms with Gasteiger partial charge in [0.1, 0.15) is 0 Å². The topological polar surface area (TPSA) is 52.7 Å². The summed E-state index contributed by atoms with van der Waals surface area (Å²) in [5, 5.41) is 3.35.